The van der Waals surface area contributed by atoms with Crippen molar-refractivity contribution >= 4 is 12.8 Å². The van der Waals surface area contributed by atoms with Crippen LogP contribution in [0.1, 0.15) is 0 Å². The minimum atomic E-state index is 0.874. The fourth-order valence-electron chi connectivity index (χ4n) is 0.607. The molecule has 1 N–H and O–H groups in total. The smallest absolute Gasteiger partial charge is 0.111 e. The molecule has 0 aromatic heterocycles. The van der Waals surface area contributed by atoms with E-state index in [0.29, 0.717) is 0 Å². The van der Waals surface area contributed by atoms with Crippen LogP contribution in [-0.4, -0.2) is 26.3 Å². The lowest BCUT2D eigenvalue weighted by Gasteiger charge is -2.16. The molecule has 0 unspecified atom stereocenters. The van der Waals surface area contributed by atoms with Crippen molar-refractivity contribution in [1.82, 2.24) is 0 Å². The van der Waals surface area contributed by atoms with E-state index in [1.54, 1.807) is 0 Å². The number of rotatable bonds is 0. The normalized spacial score (nSPS) is 25.3. The highest BCUT2D eigenvalue weighted by Crippen LogP contribution is 1.74. The van der Waals surface area contributed by atoms with Gasteiger partial charge in [0.2, 0.25) is 0 Å². The molecule has 0 radical (unpaired) electrons. The minimum Gasteiger partial charge on any atom is -0.370 e. The lowest BCUT2D eigenvalue weighted by Crippen LogP contribution is -3.05. The molecule has 0 spiro atoms. The second kappa shape index (κ2) is 2.55. The van der Waals surface area contributed by atoms with Crippen LogP contribution in [0.4, 0.5) is 0 Å². The van der Waals surface area contributed by atoms with Crippen molar-refractivity contribution in [2.45, 2.75) is 0 Å². The number of hydrogen-bond donors (Lipinski definition) is 2. The average Bonchev–Trinajstić information content (AvgIpc) is 1.69. The number of ether oxygens (including phenoxy) is 1. The maximum absolute atomic E-state index is 5.07. The molecule has 0 saturated carbocycles. The van der Waals surface area contributed by atoms with Gasteiger partial charge in [0.05, 0.1) is 26.0 Å². The third-order valence-electron chi connectivity index (χ3n) is 1.07. The topological polar surface area (TPSA) is 13.7 Å². The Morgan fingerprint density at radius 2 is 1.86 bits per heavy atom. The summed E-state index contributed by atoms with van der Waals surface area (Å²) in [5, 5.41) is 0. The van der Waals surface area contributed by atoms with Gasteiger partial charge in [0.1, 0.15) is 13.1 Å². The molecule has 1 saturated heterocycles. The Bertz CT molecular complexity index is 53.7. The van der Waals surface area contributed by atoms with Crippen LogP contribution in [0.2, 0.25) is 0 Å². The summed E-state index contributed by atoms with van der Waals surface area (Å²) in [7, 11) is 0. The van der Waals surface area contributed by atoms with Crippen molar-refractivity contribution in [3.8, 4) is 0 Å². The summed E-state index contributed by atoms with van der Waals surface area (Å²) in [6, 6.07) is 0. The van der Waals surface area contributed by atoms with Crippen LogP contribution < -0.4 is 4.31 Å². The van der Waals surface area contributed by atoms with Gasteiger partial charge in [-0.05, 0) is 0 Å². The summed E-state index contributed by atoms with van der Waals surface area (Å²) in [5.41, 5.74) is 0. The van der Waals surface area contributed by atoms with Gasteiger partial charge in [-0.25, -0.2) is 0 Å². The summed E-state index contributed by atoms with van der Waals surface area (Å²) in [6.07, 6.45) is 0. The number of morpholine rings is 1. The Kier molecular flexibility index (Phi) is 1.97. The molecular formula is C4H10NOS+. The fraction of sp³-hybridized carbons (Fsp3) is 1.00. The average molecular weight is 120 g/mol. The van der Waals surface area contributed by atoms with Gasteiger partial charge in [-0.3, -0.25) is 4.31 Å². The summed E-state index contributed by atoms with van der Waals surface area (Å²) in [5.74, 6) is 0. The molecule has 0 bridgehead atoms. The first kappa shape index (κ1) is 5.41. The van der Waals surface area contributed by atoms with Gasteiger partial charge >= 0.3 is 0 Å². The van der Waals surface area contributed by atoms with Crippen molar-refractivity contribution in [2.75, 3.05) is 26.3 Å². The lowest BCUT2D eigenvalue weighted by atomic mass is 10.5. The number of quaternary nitrogens is 1. The van der Waals surface area contributed by atoms with E-state index in [1.165, 1.54) is 4.31 Å². The molecule has 1 heterocycles. The molecule has 0 aliphatic carbocycles. The highest BCUT2D eigenvalue weighted by molar-refractivity contribution is 7.73. The van der Waals surface area contributed by atoms with E-state index in [-0.39, 0.29) is 0 Å². The number of nitrogens with one attached hydrogen (secondary N) is 1. The Hall–Kier alpha value is 0.270. The van der Waals surface area contributed by atoms with E-state index >= 15 is 0 Å². The second-order valence-corrected chi connectivity index (χ2v) is 2.31. The molecule has 0 aromatic rings. The molecule has 2 nitrogen and oxygen atoms in total. The van der Waals surface area contributed by atoms with Gasteiger partial charge in [-0.1, -0.05) is 0 Å². The molecule has 1 rings (SSSR count). The van der Waals surface area contributed by atoms with Gasteiger partial charge in [0, 0.05) is 0 Å². The number of hydrogen-bond acceptors (Lipinski definition) is 2. The van der Waals surface area contributed by atoms with E-state index < -0.39 is 0 Å². The van der Waals surface area contributed by atoms with E-state index in [4.69, 9.17) is 4.74 Å². The molecule has 7 heavy (non-hydrogen) atoms. The Labute approximate surface area is 49.0 Å². The fourth-order valence-corrected chi connectivity index (χ4v) is 0.790. The first-order chi connectivity index (χ1) is 3.39. The van der Waals surface area contributed by atoms with E-state index in [0.717, 1.165) is 26.3 Å². The summed E-state index contributed by atoms with van der Waals surface area (Å²) >= 11 is 4.20. The zero-order valence-corrected chi connectivity index (χ0v) is 5.08. The van der Waals surface area contributed by atoms with Crippen LogP contribution in [0.25, 0.3) is 0 Å². The standard InChI is InChI=1S/C4H9NOS/c7-5-1-3-6-4-2-5/h7H,1-4H2/p+1. The van der Waals surface area contributed by atoms with Gasteiger partial charge in [0.25, 0.3) is 0 Å². The Morgan fingerprint density at radius 3 is 2.14 bits per heavy atom. The molecule has 0 amide bonds. The second-order valence-electron chi connectivity index (χ2n) is 1.68. The molecule has 1 aliphatic rings. The third kappa shape index (κ3) is 1.67. The van der Waals surface area contributed by atoms with Gasteiger partial charge in [-0.2, -0.15) is 0 Å². The van der Waals surface area contributed by atoms with E-state index in [2.05, 4.69) is 12.8 Å². The number of thiol groups is 1. The molecular weight excluding hydrogens is 110 g/mol. The van der Waals surface area contributed by atoms with Gasteiger partial charge < -0.3 is 4.74 Å². The van der Waals surface area contributed by atoms with E-state index in [9.17, 15) is 0 Å². The lowest BCUT2D eigenvalue weighted by molar-refractivity contribution is -0.763. The van der Waals surface area contributed by atoms with Crippen LogP contribution in [0, 0.1) is 0 Å². The highest BCUT2D eigenvalue weighted by atomic mass is 32.1. The molecule has 0 aromatic carbocycles. The molecule has 3 heteroatoms. The van der Waals surface area contributed by atoms with Crippen molar-refractivity contribution in [3.05, 3.63) is 0 Å². The Balaban J connectivity index is 2.12. The van der Waals surface area contributed by atoms with Crippen LogP contribution in [0.3, 0.4) is 0 Å². The minimum absolute atomic E-state index is 0.874. The maximum atomic E-state index is 5.07. The first-order valence-corrected chi connectivity index (χ1v) is 2.96. The first-order valence-electron chi connectivity index (χ1n) is 2.51. The van der Waals surface area contributed by atoms with Crippen molar-refractivity contribution in [2.24, 2.45) is 0 Å². The predicted octanol–water partition coefficient (Wildman–Crippen LogP) is -1.25. The zero-order chi connectivity index (χ0) is 5.11. The maximum Gasteiger partial charge on any atom is 0.111 e. The molecule has 0 atom stereocenters. The van der Waals surface area contributed by atoms with Crippen molar-refractivity contribution < 1.29 is 9.04 Å². The monoisotopic (exact) mass is 120 g/mol. The van der Waals surface area contributed by atoms with Crippen LogP contribution in [-0.2, 0) is 4.74 Å². The predicted molar refractivity (Wildman–Crippen MR) is 30.5 cm³/mol. The van der Waals surface area contributed by atoms with Crippen molar-refractivity contribution in [3.63, 3.8) is 0 Å². The summed E-state index contributed by atoms with van der Waals surface area (Å²) in [6.45, 7) is 3.84. The molecule has 42 valence electrons. The largest absolute Gasteiger partial charge is 0.370 e. The van der Waals surface area contributed by atoms with Crippen LogP contribution in [0.5, 0.6) is 0 Å². The van der Waals surface area contributed by atoms with E-state index in [1.807, 2.05) is 0 Å². The summed E-state index contributed by atoms with van der Waals surface area (Å²) < 4.78 is 6.35. The van der Waals surface area contributed by atoms with Gasteiger partial charge in [0.15, 0.2) is 0 Å². The quantitative estimate of drug-likeness (QED) is 0.381. The van der Waals surface area contributed by atoms with Crippen LogP contribution >= 0.6 is 12.8 Å². The third-order valence-corrected chi connectivity index (χ3v) is 1.52. The van der Waals surface area contributed by atoms with Crippen molar-refractivity contribution in [1.29, 1.82) is 0 Å². The molecule has 1 aliphatic heterocycles. The van der Waals surface area contributed by atoms with Gasteiger partial charge in [-0.15, -0.1) is 0 Å². The highest BCUT2D eigenvalue weighted by Gasteiger charge is 2.07. The Morgan fingerprint density at radius 1 is 1.29 bits per heavy atom. The van der Waals surface area contributed by atoms with Crippen LogP contribution in [0.15, 0.2) is 0 Å². The SMILES string of the molecule is S[NH+]1CCOCC1. The molecule has 1 fully saturated rings. The summed E-state index contributed by atoms with van der Waals surface area (Å²) in [4.78, 5) is 0. The zero-order valence-electron chi connectivity index (χ0n) is 4.18.